The third-order valence-electron chi connectivity index (χ3n) is 3.92. The van der Waals surface area contributed by atoms with Crippen molar-refractivity contribution in [3.05, 3.63) is 42.5 Å². The van der Waals surface area contributed by atoms with Gasteiger partial charge in [0.15, 0.2) is 0 Å². The van der Waals surface area contributed by atoms with Crippen molar-refractivity contribution in [2.75, 3.05) is 31.5 Å². The number of aromatic nitrogens is 2. The van der Waals surface area contributed by atoms with Crippen LogP contribution < -0.4 is 5.32 Å². The smallest absolute Gasteiger partial charge is 0.148 e. The third kappa shape index (κ3) is 4.68. The average molecular weight is 319 g/mol. The molecule has 0 bridgehead atoms. The van der Waals surface area contributed by atoms with E-state index in [2.05, 4.69) is 20.4 Å². The fourth-order valence-corrected chi connectivity index (χ4v) is 2.71. The van der Waals surface area contributed by atoms with Crippen LogP contribution in [0.2, 0.25) is 0 Å². The molecular weight excluding hydrogens is 296 g/mol. The molecule has 0 radical (unpaired) electrons. The summed E-state index contributed by atoms with van der Waals surface area (Å²) in [6.07, 6.45) is 4.06. The lowest BCUT2D eigenvalue weighted by Gasteiger charge is -2.26. The molecule has 0 spiro atoms. The summed E-state index contributed by atoms with van der Waals surface area (Å²) >= 11 is 0. The number of benzene rings is 1. The van der Waals surface area contributed by atoms with Crippen molar-refractivity contribution in [3.63, 3.8) is 0 Å². The molecule has 1 aliphatic rings. The number of piperidine rings is 1. The number of likely N-dealkylation sites (tertiary alicyclic amines) is 1. The number of nitrogens with one attached hydrogen (secondary N) is 1. The van der Waals surface area contributed by atoms with E-state index >= 15 is 0 Å². The van der Waals surface area contributed by atoms with Crippen LogP contribution >= 0.6 is 12.4 Å². The average Bonchev–Trinajstić information content (AvgIpc) is 2.57. The van der Waals surface area contributed by atoms with Crippen molar-refractivity contribution >= 4 is 18.2 Å². The Morgan fingerprint density at radius 1 is 0.909 bits per heavy atom. The Balaban J connectivity index is 0.00000176. The van der Waals surface area contributed by atoms with Gasteiger partial charge in [-0.15, -0.1) is 22.6 Å². The Hall–Kier alpha value is -1.65. The highest BCUT2D eigenvalue weighted by Crippen LogP contribution is 2.16. The third-order valence-corrected chi connectivity index (χ3v) is 3.92. The van der Waals surface area contributed by atoms with Crippen LogP contribution in [-0.4, -0.2) is 41.3 Å². The number of halogens is 1. The van der Waals surface area contributed by atoms with Crippen molar-refractivity contribution in [2.45, 2.75) is 19.3 Å². The Bertz CT molecular complexity index is 538. The van der Waals surface area contributed by atoms with E-state index in [0.717, 1.165) is 30.2 Å². The molecule has 0 saturated carbocycles. The van der Waals surface area contributed by atoms with E-state index in [9.17, 15) is 0 Å². The molecule has 1 saturated heterocycles. The highest BCUT2D eigenvalue weighted by molar-refractivity contribution is 5.85. The van der Waals surface area contributed by atoms with E-state index in [1.54, 1.807) is 0 Å². The van der Waals surface area contributed by atoms with E-state index in [-0.39, 0.29) is 12.4 Å². The van der Waals surface area contributed by atoms with Gasteiger partial charge in [0.1, 0.15) is 5.82 Å². The number of hydrogen-bond donors (Lipinski definition) is 1. The second-order valence-electron chi connectivity index (χ2n) is 5.50. The van der Waals surface area contributed by atoms with Crippen LogP contribution in [0.5, 0.6) is 0 Å². The zero-order valence-electron chi connectivity index (χ0n) is 12.7. The van der Waals surface area contributed by atoms with Gasteiger partial charge >= 0.3 is 0 Å². The highest BCUT2D eigenvalue weighted by atomic mass is 35.5. The molecule has 4 nitrogen and oxygen atoms in total. The lowest BCUT2D eigenvalue weighted by Crippen LogP contribution is -2.33. The molecule has 2 aromatic rings. The first kappa shape index (κ1) is 16.7. The molecule has 118 valence electrons. The molecule has 3 rings (SSSR count). The molecule has 1 aliphatic heterocycles. The number of anilines is 1. The van der Waals surface area contributed by atoms with Gasteiger partial charge < -0.3 is 10.2 Å². The maximum absolute atomic E-state index is 4.29. The molecule has 0 atom stereocenters. The maximum Gasteiger partial charge on any atom is 0.148 e. The largest absolute Gasteiger partial charge is 0.367 e. The van der Waals surface area contributed by atoms with E-state index in [1.165, 1.54) is 32.4 Å². The van der Waals surface area contributed by atoms with E-state index in [0.29, 0.717) is 0 Å². The van der Waals surface area contributed by atoms with Crippen molar-refractivity contribution in [3.8, 4) is 11.3 Å². The molecule has 0 unspecified atom stereocenters. The second-order valence-corrected chi connectivity index (χ2v) is 5.50. The van der Waals surface area contributed by atoms with Gasteiger partial charge in [0, 0.05) is 18.7 Å². The van der Waals surface area contributed by atoms with Gasteiger partial charge in [-0.2, -0.15) is 0 Å². The van der Waals surface area contributed by atoms with Crippen molar-refractivity contribution in [1.82, 2.24) is 15.1 Å². The number of rotatable bonds is 5. The summed E-state index contributed by atoms with van der Waals surface area (Å²) in [4.78, 5) is 2.52. The minimum absolute atomic E-state index is 0. The molecule has 0 aliphatic carbocycles. The molecule has 2 heterocycles. The summed E-state index contributed by atoms with van der Waals surface area (Å²) in [6.45, 7) is 4.49. The SMILES string of the molecule is Cl.c1ccc(-c2ccc(NCCN3CCCCC3)nn2)cc1. The molecule has 22 heavy (non-hydrogen) atoms. The van der Waals surface area contributed by atoms with Gasteiger partial charge in [0.2, 0.25) is 0 Å². The monoisotopic (exact) mass is 318 g/mol. The fourth-order valence-electron chi connectivity index (χ4n) is 2.71. The lowest BCUT2D eigenvalue weighted by atomic mass is 10.1. The standard InChI is InChI=1S/C17H22N4.ClH/c1-3-7-15(8-4-1)16-9-10-17(20-19-16)18-11-14-21-12-5-2-6-13-21;/h1,3-4,7-10H,2,5-6,11-14H2,(H,18,20);1H. The van der Waals surface area contributed by atoms with Crippen LogP contribution in [0.4, 0.5) is 5.82 Å². The molecule has 5 heteroatoms. The van der Waals surface area contributed by atoms with Crippen molar-refractivity contribution < 1.29 is 0 Å². The Morgan fingerprint density at radius 3 is 2.36 bits per heavy atom. The fraction of sp³-hybridized carbons (Fsp3) is 0.412. The number of nitrogens with zero attached hydrogens (tertiary/aromatic N) is 3. The zero-order valence-corrected chi connectivity index (χ0v) is 13.6. The van der Waals surface area contributed by atoms with Gasteiger partial charge in [-0.25, -0.2) is 0 Å². The Labute approximate surface area is 138 Å². The predicted octanol–water partition coefficient (Wildman–Crippen LogP) is 3.46. The topological polar surface area (TPSA) is 41.0 Å². The summed E-state index contributed by atoms with van der Waals surface area (Å²) in [5.41, 5.74) is 2.02. The van der Waals surface area contributed by atoms with Crippen molar-refractivity contribution in [2.24, 2.45) is 0 Å². The first-order chi connectivity index (χ1) is 10.4. The predicted molar refractivity (Wildman–Crippen MR) is 93.5 cm³/mol. The normalized spacial score (nSPS) is 15.1. The summed E-state index contributed by atoms with van der Waals surface area (Å²) in [7, 11) is 0. The lowest BCUT2D eigenvalue weighted by molar-refractivity contribution is 0.237. The van der Waals surface area contributed by atoms with Gasteiger partial charge in [-0.3, -0.25) is 0 Å². The maximum atomic E-state index is 4.29. The molecule has 0 amide bonds. The van der Waals surface area contributed by atoms with Gasteiger partial charge in [0.25, 0.3) is 0 Å². The first-order valence-corrected chi connectivity index (χ1v) is 7.77. The van der Waals surface area contributed by atoms with E-state index < -0.39 is 0 Å². The van der Waals surface area contributed by atoms with Crippen molar-refractivity contribution in [1.29, 1.82) is 0 Å². The van der Waals surface area contributed by atoms with E-state index in [4.69, 9.17) is 0 Å². The molecule has 1 aromatic carbocycles. The second kappa shape index (κ2) is 8.71. The molecule has 1 fully saturated rings. The first-order valence-electron chi connectivity index (χ1n) is 7.77. The Kier molecular flexibility index (Phi) is 6.62. The summed E-state index contributed by atoms with van der Waals surface area (Å²) in [5.74, 6) is 0.853. The van der Waals surface area contributed by atoms with Gasteiger partial charge in [-0.05, 0) is 38.1 Å². The number of hydrogen-bond acceptors (Lipinski definition) is 4. The molecular formula is C17H23ClN4. The molecule has 1 aromatic heterocycles. The van der Waals surface area contributed by atoms with Crippen LogP contribution in [0.15, 0.2) is 42.5 Å². The summed E-state index contributed by atoms with van der Waals surface area (Å²) in [5, 5.41) is 11.9. The van der Waals surface area contributed by atoms with Crippen LogP contribution in [0.25, 0.3) is 11.3 Å². The summed E-state index contributed by atoms with van der Waals surface area (Å²) in [6, 6.07) is 14.2. The summed E-state index contributed by atoms with van der Waals surface area (Å²) < 4.78 is 0. The van der Waals surface area contributed by atoms with Crippen LogP contribution in [0, 0.1) is 0 Å². The van der Waals surface area contributed by atoms with Crippen LogP contribution in [0.3, 0.4) is 0 Å². The quantitative estimate of drug-likeness (QED) is 0.916. The van der Waals surface area contributed by atoms with E-state index in [1.807, 2.05) is 42.5 Å². The van der Waals surface area contributed by atoms with Crippen LogP contribution in [-0.2, 0) is 0 Å². The van der Waals surface area contributed by atoms with Gasteiger partial charge in [-0.1, -0.05) is 36.8 Å². The Morgan fingerprint density at radius 2 is 1.68 bits per heavy atom. The minimum atomic E-state index is 0. The highest BCUT2D eigenvalue weighted by Gasteiger charge is 2.09. The van der Waals surface area contributed by atoms with Gasteiger partial charge in [0.05, 0.1) is 5.69 Å². The molecule has 1 N–H and O–H groups in total. The van der Waals surface area contributed by atoms with Crippen LogP contribution in [0.1, 0.15) is 19.3 Å². The zero-order chi connectivity index (χ0) is 14.3. The minimum Gasteiger partial charge on any atom is -0.367 e.